The van der Waals surface area contributed by atoms with Crippen LogP contribution in [0, 0.1) is 18.6 Å². The quantitative estimate of drug-likeness (QED) is 0.219. The second-order valence-corrected chi connectivity index (χ2v) is 10.1. The number of ether oxygens (including phenoxy) is 1. The van der Waals surface area contributed by atoms with Crippen molar-refractivity contribution in [2.75, 3.05) is 13.7 Å². The molecule has 0 bridgehead atoms. The van der Waals surface area contributed by atoms with Crippen LogP contribution in [0.4, 0.5) is 8.78 Å². The van der Waals surface area contributed by atoms with Crippen LogP contribution < -0.4 is 21.3 Å². The lowest BCUT2D eigenvalue weighted by atomic mass is 10.0. The Bertz CT molecular complexity index is 1690. The Morgan fingerprint density at radius 3 is 2.40 bits per heavy atom. The normalized spacial score (nSPS) is 11.8. The van der Waals surface area contributed by atoms with E-state index in [4.69, 9.17) is 21.4 Å². The maximum absolute atomic E-state index is 15.5. The fourth-order valence-corrected chi connectivity index (χ4v) is 5.06. The minimum Gasteiger partial charge on any atom is -0.494 e. The maximum Gasteiger partial charge on any atom is 0.331 e. The molecule has 0 aliphatic heterocycles. The first kappa shape index (κ1) is 30.7. The summed E-state index contributed by atoms with van der Waals surface area (Å²) >= 11 is 6.28. The molecule has 0 saturated carbocycles. The Balaban J connectivity index is 1.91. The zero-order valence-corrected chi connectivity index (χ0v) is 23.8. The molecule has 42 heavy (non-hydrogen) atoms. The van der Waals surface area contributed by atoms with E-state index >= 15 is 4.39 Å². The van der Waals surface area contributed by atoms with E-state index in [0.717, 1.165) is 10.1 Å². The van der Waals surface area contributed by atoms with Gasteiger partial charge in [-0.3, -0.25) is 18.7 Å². The molecular formula is C31H30ClF2N3O5. The van der Waals surface area contributed by atoms with Gasteiger partial charge in [0.25, 0.3) is 5.56 Å². The number of aliphatic carboxylic acids is 1. The fraction of sp³-hybridized carbons (Fsp3) is 0.258. The summed E-state index contributed by atoms with van der Waals surface area (Å²) in [6.07, 6.45) is 0.256. The molecule has 1 atom stereocenters. The summed E-state index contributed by atoms with van der Waals surface area (Å²) in [5.74, 6) is -2.45. The Labute approximate surface area is 245 Å². The van der Waals surface area contributed by atoms with E-state index in [1.165, 1.54) is 55.0 Å². The SMILES string of the molecule is COc1cccc(-c2c(C)n(Cc3c(F)cccc3Cl)c(=O)n(C[C@H](NCCCC(=O)O)c3ccccc3)c2=O)c1F. The number of nitrogens with one attached hydrogen (secondary N) is 1. The largest absolute Gasteiger partial charge is 0.494 e. The Hall–Kier alpha value is -4.28. The van der Waals surface area contributed by atoms with Crippen LogP contribution >= 0.6 is 11.6 Å². The molecule has 0 amide bonds. The van der Waals surface area contributed by atoms with Gasteiger partial charge in [0, 0.05) is 28.3 Å². The molecule has 0 unspecified atom stereocenters. The second kappa shape index (κ2) is 13.6. The maximum atomic E-state index is 15.5. The van der Waals surface area contributed by atoms with Crippen molar-refractivity contribution >= 4 is 17.6 Å². The van der Waals surface area contributed by atoms with Gasteiger partial charge < -0.3 is 15.2 Å². The number of aromatic nitrogens is 2. The number of nitrogens with zero attached hydrogens (tertiary/aromatic N) is 2. The van der Waals surface area contributed by atoms with E-state index in [0.29, 0.717) is 13.0 Å². The van der Waals surface area contributed by atoms with Crippen molar-refractivity contribution in [3.63, 3.8) is 0 Å². The van der Waals surface area contributed by atoms with Gasteiger partial charge in [-0.05, 0) is 43.7 Å². The molecule has 8 nitrogen and oxygen atoms in total. The molecule has 3 aromatic carbocycles. The molecule has 220 valence electrons. The van der Waals surface area contributed by atoms with E-state index in [1.54, 1.807) is 12.1 Å². The van der Waals surface area contributed by atoms with Gasteiger partial charge in [0.15, 0.2) is 11.6 Å². The summed E-state index contributed by atoms with van der Waals surface area (Å²) in [5.41, 5.74) is -0.735. The summed E-state index contributed by atoms with van der Waals surface area (Å²) in [7, 11) is 1.30. The summed E-state index contributed by atoms with van der Waals surface area (Å²) in [4.78, 5) is 39.0. The minimum absolute atomic E-state index is 0.0398. The first-order chi connectivity index (χ1) is 20.1. The molecule has 2 N–H and O–H groups in total. The van der Waals surface area contributed by atoms with Crippen LogP contribution in [0.3, 0.4) is 0 Å². The summed E-state index contributed by atoms with van der Waals surface area (Å²) in [5, 5.41) is 12.4. The topological polar surface area (TPSA) is 103 Å². The number of methoxy groups -OCH3 is 1. The third-order valence-corrected chi connectivity index (χ3v) is 7.40. The van der Waals surface area contributed by atoms with Gasteiger partial charge in [-0.25, -0.2) is 13.6 Å². The fourth-order valence-electron chi connectivity index (χ4n) is 4.83. The summed E-state index contributed by atoms with van der Waals surface area (Å²) in [6, 6.07) is 17.0. The number of hydrogen-bond donors (Lipinski definition) is 2. The monoisotopic (exact) mass is 597 g/mol. The standard InChI is InChI=1S/C31H30ClF2N3O5/c1-19-28(21-11-6-14-26(42-2)29(21)34)30(40)37(31(41)36(19)17-22-23(32)12-7-13-24(22)33)18-25(20-9-4-3-5-10-20)35-16-8-15-27(38)39/h3-7,9-14,25,35H,8,15-18H2,1-2H3,(H,38,39)/t25-/m0/s1. The highest BCUT2D eigenvalue weighted by atomic mass is 35.5. The van der Waals surface area contributed by atoms with Gasteiger partial charge in [0.05, 0.1) is 31.8 Å². The first-order valence-corrected chi connectivity index (χ1v) is 13.6. The van der Waals surface area contributed by atoms with Crippen molar-refractivity contribution in [3.8, 4) is 16.9 Å². The highest BCUT2D eigenvalue weighted by Crippen LogP contribution is 2.29. The molecule has 0 aliphatic carbocycles. The van der Waals surface area contributed by atoms with Crippen LogP contribution in [0.25, 0.3) is 11.1 Å². The molecular weight excluding hydrogens is 568 g/mol. The third kappa shape index (κ3) is 6.61. The van der Waals surface area contributed by atoms with Crippen LogP contribution in [-0.2, 0) is 17.9 Å². The lowest BCUT2D eigenvalue weighted by Crippen LogP contribution is -2.45. The van der Waals surface area contributed by atoms with Crippen LogP contribution in [-0.4, -0.2) is 33.9 Å². The number of rotatable bonds is 12. The van der Waals surface area contributed by atoms with Gasteiger partial charge in [0.1, 0.15) is 5.82 Å². The molecule has 0 saturated heterocycles. The van der Waals surface area contributed by atoms with Crippen molar-refractivity contribution in [2.45, 2.75) is 38.9 Å². The van der Waals surface area contributed by atoms with Gasteiger partial charge in [-0.2, -0.15) is 0 Å². The molecule has 4 rings (SSSR count). The lowest BCUT2D eigenvalue weighted by Gasteiger charge is -2.23. The van der Waals surface area contributed by atoms with Gasteiger partial charge in [0.2, 0.25) is 0 Å². The number of hydrogen-bond acceptors (Lipinski definition) is 5. The van der Waals surface area contributed by atoms with E-state index in [2.05, 4.69) is 5.32 Å². The predicted molar refractivity (Wildman–Crippen MR) is 156 cm³/mol. The summed E-state index contributed by atoms with van der Waals surface area (Å²) in [6.45, 7) is 1.31. The van der Waals surface area contributed by atoms with Crippen LogP contribution in [0.5, 0.6) is 5.75 Å². The smallest absolute Gasteiger partial charge is 0.331 e. The number of carboxylic acids is 1. The molecule has 0 fully saturated rings. The number of carbonyl (C=O) groups is 1. The average Bonchev–Trinajstić information content (AvgIpc) is 2.97. The van der Waals surface area contributed by atoms with E-state index < -0.39 is 34.9 Å². The summed E-state index contributed by atoms with van der Waals surface area (Å²) < 4.78 is 37.7. The van der Waals surface area contributed by atoms with Crippen molar-refractivity contribution in [1.82, 2.24) is 14.5 Å². The van der Waals surface area contributed by atoms with Crippen LogP contribution in [0.1, 0.15) is 35.7 Å². The molecule has 1 heterocycles. The van der Waals surface area contributed by atoms with Crippen LogP contribution in [0.15, 0.2) is 76.3 Å². The van der Waals surface area contributed by atoms with Gasteiger partial charge in [-0.15, -0.1) is 0 Å². The second-order valence-electron chi connectivity index (χ2n) is 9.68. The molecule has 11 heteroatoms. The third-order valence-electron chi connectivity index (χ3n) is 7.04. The van der Waals surface area contributed by atoms with Crippen molar-refractivity contribution in [3.05, 3.63) is 121 Å². The molecule has 0 radical (unpaired) electrons. The highest BCUT2D eigenvalue weighted by molar-refractivity contribution is 6.31. The first-order valence-electron chi connectivity index (χ1n) is 13.2. The van der Waals surface area contributed by atoms with E-state index in [-0.39, 0.29) is 52.7 Å². The lowest BCUT2D eigenvalue weighted by molar-refractivity contribution is -0.137. The number of halogens is 3. The van der Waals surface area contributed by atoms with Gasteiger partial charge >= 0.3 is 11.7 Å². The minimum atomic E-state index is -0.942. The highest BCUT2D eigenvalue weighted by Gasteiger charge is 2.25. The zero-order valence-electron chi connectivity index (χ0n) is 23.1. The van der Waals surface area contributed by atoms with Crippen molar-refractivity contribution < 1.29 is 23.4 Å². The van der Waals surface area contributed by atoms with E-state index in [9.17, 15) is 18.8 Å². The van der Waals surface area contributed by atoms with Crippen molar-refractivity contribution in [2.24, 2.45) is 0 Å². The molecule has 1 aromatic heterocycles. The average molecular weight is 598 g/mol. The van der Waals surface area contributed by atoms with Gasteiger partial charge in [-0.1, -0.05) is 60.1 Å². The van der Waals surface area contributed by atoms with E-state index in [1.807, 2.05) is 18.2 Å². The Kier molecular flexibility index (Phi) is 9.92. The Morgan fingerprint density at radius 1 is 1.02 bits per heavy atom. The Morgan fingerprint density at radius 2 is 1.74 bits per heavy atom. The molecule has 4 aromatic rings. The predicted octanol–water partition coefficient (Wildman–Crippen LogP) is 5.17. The zero-order chi connectivity index (χ0) is 30.4. The number of carboxylic acid groups (broad SMARTS) is 1. The molecule has 0 aliphatic rings. The van der Waals surface area contributed by atoms with Crippen molar-refractivity contribution in [1.29, 1.82) is 0 Å². The molecule has 0 spiro atoms. The number of benzene rings is 3. The van der Waals surface area contributed by atoms with Crippen LogP contribution in [0.2, 0.25) is 5.02 Å².